The molecule has 0 aliphatic heterocycles. The molecule has 0 radical (unpaired) electrons. The van der Waals surface area contributed by atoms with Crippen molar-refractivity contribution in [3.05, 3.63) is 47.3 Å². The van der Waals surface area contributed by atoms with Crippen molar-refractivity contribution < 1.29 is 8.42 Å². The van der Waals surface area contributed by atoms with Gasteiger partial charge in [0, 0.05) is 19.1 Å². The van der Waals surface area contributed by atoms with Gasteiger partial charge in [-0.15, -0.1) is 0 Å². The zero-order chi connectivity index (χ0) is 23.5. The Morgan fingerprint density at radius 1 is 1.22 bits per heavy atom. The van der Waals surface area contributed by atoms with E-state index in [1.54, 1.807) is 6.20 Å². The number of rotatable bonds is 10. The van der Waals surface area contributed by atoms with Gasteiger partial charge < -0.3 is 14.8 Å². The molecule has 1 fully saturated rings. The second-order valence-corrected chi connectivity index (χ2v) is 12.0. The standard InChI is InChI=1S/C24H36N4O2S2/c1-17(2)13-27(23(31)26-21-10-11-21)15-22-12-25-24(28(22)14-18(3)4)32(29,30)16-20-9-7-6-8-19(20)5/h6-9,12,17-18,21H,10-11,13-16H2,1-5H3,(H,26,31). The Morgan fingerprint density at radius 3 is 2.50 bits per heavy atom. The molecule has 0 bridgehead atoms. The van der Waals surface area contributed by atoms with Gasteiger partial charge in [0.25, 0.3) is 0 Å². The van der Waals surface area contributed by atoms with E-state index >= 15 is 0 Å². The summed E-state index contributed by atoms with van der Waals surface area (Å²) in [5, 5.41) is 4.31. The number of hydrogen-bond acceptors (Lipinski definition) is 4. The summed E-state index contributed by atoms with van der Waals surface area (Å²) in [6.07, 6.45) is 4.02. The number of imidazole rings is 1. The molecule has 6 nitrogen and oxygen atoms in total. The fourth-order valence-corrected chi connectivity index (χ4v) is 5.63. The molecule has 32 heavy (non-hydrogen) atoms. The van der Waals surface area contributed by atoms with Gasteiger partial charge >= 0.3 is 0 Å². The van der Waals surface area contributed by atoms with E-state index in [-0.39, 0.29) is 16.8 Å². The maximum Gasteiger partial charge on any atom is 0.228 e. The molecule has 8 heteroatoms. The van der Waals surface area contributed by atoms with Crippen LogP contribution in [0.25, 0.3) is 0 Å². The summed E-state index contributed by atoms with van der Waals surface area (Å²) >= 11 is 5.69. The van der Waals surface area contributed by atoms with Crippen molar-refractivity contribution in [3.8, 4) is 0 Å². The smallest absolute Gasteiger partial charge is 0.228 e. The first kappa shape index (κ1) is 24.7. The Bertz CT molecular complexity index is 1040. The Hall–Kier alpha value is -1.93. The highest BCUT2D eigenvalue weighted by Gasteiger charge is 2.28. The van der Waals surface area contributed by atoms with Crippen LogP contribution in [-0.2, 0) is 28.7 Å². The Labute approximate surface area is 198 Å². The third-order valence-electron chi connectivity index (χ3n) is 5.46. The van der Waals surface area contributed by atoms with Gasteiger partial charge in [-0.3, -0.25) is 0 Å². The molecule has 1 N–H and O–H groups in total. The highest BCUT2D eigenvalue weighted by molar-refractivity contribution is 7.90. The number of hydrogen-bond donors (Lipinski definition) is 1. The van der Waals surface area contributed by atoms with E-state index in [0.717, 1.165) is 41.3 Å². The lowest BCUT2D eigenvalue weighted by atomic mass is 10.1. The fourth-order valence-electron chi connectivity index (χ4n) is 3.72. The number of benzene rings is 1. The maximum atomic E-state index is 13.4. The quantitative estimate of drug-likeness (QED) is 0.515. The first-order valence-corrected chi connectivity index (χ1v) is 13.5. The molecule has 1 aromatic carbocycles. The number of nitrogens with one attached hydrogen (secondary N) is 1. The van der Waals surface area contributed by atoms with Crippen molar-refractivity contribution in [1.82, 2.24) is 19.8 Å². The third kappa shape index (κ3) is 6.54. The molecule has 1 aliphatic rings. The van der Waals surface area contributed by atoms with Crippen LogP contribution in [0.1, 0.15) is 57.4 Å². The predicted molar refractivity (Wildman–Crippen MR) is 133 cm³/mol. The van der Waals surface area contributed by atoms with Crippen LogP contribution in [0.3, 0.4) is 0 Å². The minimum Gasteiger partial charge on any atom is -0.360 e. The fraction of sp³-hybridized carbons (Fsp3) is 0.583. The summed E-state index contributed by atoms with van der Waals surface area (Å²) in [4.78, 5) is 6.56. The number of aryl methyl sites for hydroxylation is 1. The Kier molecular flexibility index (Phi) is 7.98. The average molecular weight is 477 g/mol. The molecular formula is C24H36N4O2S2. The molecule has 176 valence electrons. The van der Waals surface area contributed by atoms with Gasteiger partial charge in [0.05, 0.1) is 24.2 Å². The van der Waals surface area contributed by atoms with Crippen LogP contribution >= 0.6 is 12.2 Å². The van der Waals surface area contributed by atoms with E-state index in [1.807, 2.05) is 35.8 Å². The summed E-state index contributed by atoms with van der Waals surface area (Å²) in [5.74, 6) is 0.663. The molecule has 0 saturated heterocycles. The van der Waals surface area contributed by atoms with Gasteiger partial charge in [-0.05, 0) is 54.9 Å². The van der Waals surface area contributed by atoms with Crippen molar-refractivity contribution >= 4 is 27.2 Å². The van der Waals surface area contributed by atoms with E-state index in [2.05, 4.69) is 42.9 Å². The third-order valence-corrected chi connectivity index (χ3v) is 7.41. The van der Waals surface area contributed by atoms with E-state index in [4.69, 9.17) is 12.2 Å². The Morgan fingerprint density at radius 2 is 1.91 bits per heavy atom. The normalized spacial score (nSPS) is 14.2. The first-order chi connectivity index (χ1) is 15.1. The van der Waals surface area contributed by atoms with Crippen LogP contribution in [0, 0.1) is 18.8 Å². The molecule has 2 aromatic rings. The van der Waals surface area contributed by atoms with E-state index in [1.165, 1.54) is 0 Å². The van der Waals surface area contributed by atoms with E-state index in [9.17, 15) is 8.42 Å². The van der Waals surface area contributed by atoms with Gasteiger partial charge in [0.15, 0.2) is 5.11 Å². The van der Waals surface area contributed by atoms with Crippen LogP contribution in [0.4, 0.5) is 0 Å². The lowest BCUT2D eigenvalue weighted by Crippen LogP contribution is -2.42. The van der Waals surface area contributed by atoms with E-state index < -0.39 is 9.84 Å². The SMILES string of the molecule is Cc1ccccc1CS(=O)(=O)c1ncc(CN(CC(C)C)C(=S)NC2CC2)n1CC(C)C. The Balaban J connectivity index is 1.91. The van der Waals surface area contributed by atoms with E-state index in [0.29, 0.717) is 25.0 Å². The van der Waals surface area contributed by atoms with Crippen molar-refractivity contribution in [2.45, 2.75) is 77.5 Å². The highest BCUT2D eigenvalue weighted by atomic mass is 32.2. The van der Waals surface area contributed by atoms with Gasteiger partial charge in [0.2, 0.25) is 15.0 Å². The predicted octanol–water partition coefficient (Wildman–Crippen LogP) is 4.32. The van der Waals surface area contributed by atoms with Crippen molar-refractivity contribution in [2.24, 2.45) is 11.8 Å². The molecule has 3 rings (SSSR count). The minimum atomic E-state index is -3.59. The second kappa shape index (κ2) is 10.3. The monoisotopic (exact) mass is 476 g/mol. The number of sulfone groups is 1. The first-order valence-electron chi connectivity index (χ1n) is 11.4. The zero-order valence-corrected chi connectivity index (χ0v) is 21.5. The number of aromatic nitrogens is 2. The number of nitrogens with zero attached hydrogens (tertiary/aromatic N) is 3. The van der Waals surface area contributed by atoms with Crippen LogP contribution in [0.5, 0.6) is 0 Å². The molecule has 0 spiro atoms. The molecule has 0 unspecified atom stereocenters. The summed E-state index contributed by atoms with van der Waals surface area (Å²) in [6.45, 7) is 12.4. The van der Waals surface area contributed by atoms with Crippen LogP contribution < -0.4 is 5.32 Å². The van der Waals surface area contributed by atoms with Gasteiger partial charge in [-0.1, -0.05) is 52.0 Å². The second-order valence-electron chi connectivity index (χ2n) is 9.72. The van der Waals surface area contributed by atoms with Crippen molar-refractivity contribution in [2.75, 3.05) is 6.54 Å². The lowest BCUT2D eigenvalue weighted by Gasteiger charge is -2.28. The van der Waals surface area contributed by atoms with Crippen LogP contribution in [0.15, 0.2) is 35.6 Å². The largest absolute Gasteiger partial charge is 0.360 e. The summed E-state index contributed by atoms with van der Waals surface area (Å²) in [7, 11) is -3.59. The molecule has 0 amide bonds. The summed E-state index contributed by atoms with van der Waals surface area (Å²) < 4.78 is 28.7. The maximum absolute atomic E-state index is 13.4. The molecule has 1 aromatic heterocycles. The van der Waals surface area contributed by atoms with Crippen LogP contribution in [0.2, 0.25) is 0 Å². The van der Waals surface area contributed by atoms with Gasteiger partial charge in [-0.2, -0.15) is 0 Å². The topological polar surface area (TPSA) is 67.2 Å². The molecule has 0 atom stereocenters. The molecule has 1 saturated carbocycles. The lowest BCUT2D eigenvalue weighted by molar-refractivity contribution is 0.339. The van der Waals surface area contributed by atoms with Crippen molar-refractivity contribution in [1.29, 1.82) is 0 Å². The molecule has 1 heterocycles. The average Bonchev–Trinajstić information content (AvgIpc) is 3.42. The van der Waals surface area contributed by atoms with Crippen LogP contribution in [-0.4, -0.2) is 40.6 Å². The highest BCUT2D eigenvalue weighted by Crippen LogP contribution is 2.23. The zero-order valence-electron chi connectivity index (χ0n) is 19.8. The molecule has 1 aliphatic carbocycles. The van der Waals surface area contributed by atoms with Crippen molar-refractivity contribution in [3.63, 3.8) is 0 Å². The van der Waals surface area contributed by atoms with Gasteiger partial charge in [-0.25, -0.2) is 13.4 Å². The minimum absolute atomic E-state index is 0.0500. The molecular weight excluding hydrogens is 440 g/mol. The summed E-state index contributed by atoms with van der Waals surface area (Å²) in [6, 6.07) is 8.08. The van der Waals surface area contributed by atoms with Gasteiger partial charge in [0.1, 0.15) is 0 Å². The summed E-state index contributed by atoms with van der Waals surface area (Å²) in [5.41, 5.74) is 2.66. The number of thiocarbonyl (C=S) groups is 1.